The molecule has 0 aliphatic heterocycles. The number of carbonyl (C=O) groups excluding carboxylic acids is 1. The van der Waals surface area contributed by atoms with E-state index in [-0.39, 0.29) is 5.78 Å². The third-order valence-electron chi connectivity index (χ3n) is 2.91. The molecule has 0 aliphatic rings. The first-order valence-electron chi connectivity index (χ1n) is 6.02. The molecular weight excluding hydrogens is 256 g/mol. The third-order valence-corrected chi connectivity index (χ3v) is 3.88. The molecule has 0 fully saturated rings. The molecule has 0 bridgehead atoms. The Hall–Kier alpha value is -2.07. The van der Waals surface area contributed by atoms with Crippen LogP contribution in [-0.2, 0) is 6.42 Å². The first kappa shape index (κ1) is 12.0. The number of pyridine rings is 1. The number of hydrogen-bond acceptors (Lipinski definition) is 4. The summed E-state index contributed by atoms with van der Waals surface area (Å²) >= 11 is 1.53. The maximum Gasteiger partial charge on any atom is 0.171 e. The molecule has 0 saturated heterocycles. The number of rotatable bonds is 3. The zero-order chi connectivity index (χ0) is 13.2. The number of thiazole rings is 1. The second-order valence-electron chi connectivity index (χ2n) is 4.36. The van der Waals surface area contributed by atoms with E-state index >= 15 is 0 Å². The van der Waals surface area contributed by atoms with Crippen molar-refractivity contribution in [3.63, 3.8) is 0 Å². The third kappa shape index (κ3) is 2.39. The number of ketones is 1. The van der Waals surface area contributed by atoms with Crippen LogP contribution in [0.2, 0.25) is 0 Å². The van der Waals surface area contributed by atoms with Crippen molar-refractivity contribution < 1.29 is 4.79 Å². The number of aromatic nitrogens is 2. The predicted molar refractivity (Wildman–Crippen MR) is 76.6 cm³/mol. The van der Waals surface area contributed by atoms with Gasteiger partial charge in [0.05, 0.1) is 11.9 Å². The fourth-order valence-corrected chi connectivity index (χ4v) is 2.82. The minimum Gasteiger partial charge on any atom is -0.294 e. The zero-order valence-electron chi connectivity index (χ0n) is 10.5. The summed E-state index contributed by atoms with van der Waals surface area (Å²) in [5, 5.41) is 3.81. The summed E-state index contributed by atoms with van der Waals surface area (Å²) in [7, 11) is 0. The maximum atomic E-state index is 12.4. The Labute approximate surface area is 115 Å². The van der Waals surface area contributed by atoms with E-state index in [9.17, 15) is 4.79 Å². The topological polar surface area (TPSA) is 42.9 Å². The van der Waals surface area contributed by atoms with Crippen molar-refractivity contribution in [1.82, 2.24) is 9.97 Å². The number of aryl methyl sites for hydroxylation is 1. The quantitative estimate of drug-likeness (QED) is 0.683. The number of Topliss-reactive ketones (excluding diaryl/α,β-unsaturated/α-hetero) is 1. The Bertz CT molecular complexity index is 743. The summed E-state index contributed by atoms with van der Waals surface area (Å²) in [5.41, 5.74) is 2.40. The van der Waals surface area contributed by atoms with E-state index in [0.717, 1.165) is 21.6 Å². The van der Waals surface area contributed by atoms with Crippen molar-refractivity contribution in [2.24, 2.45) is 0 Å². The van der Waals surface area contributed by atoms with Crippen LogP contribution in [0.5, 0.6) is 0 Å². The van der Waals surface area contributed by atoms with Gasteiger partial charge in [0.25, 0.3) is 0 Å². The molecule has 2 aromatic heterocycles. The monoisotopic (exact) mass is 268 g/mol. The summed E-state index contributed by atoms with van der Waals surface area (Å²) < 4.78 is 0. The largest absolute Gasteiger partial charge is 0.294 e. The molecule has 3 rings (SSSR count). The van der Waals surface area contributed by atoms with Gasteiger partial charge in [-0.15, -0.1) is 11.3 Å². The number of fused-ring (bicyclic) bond motifs is 1. The molecule has 0 atom stereocenters. The highest BCUT2D eigenvalue weighted by molar-refractivity contribution is 7.09. The van der Waals surface area contributed by atoms with E-state index in [1.807, 2.05) is 42.6 Å². The van der Waals surface area contributed by atoms with Crippen molar-refractivity contribution in [3.8, 4) is 0 Å². The first-order valence-corrected chi connectivity index (χ1v) is 6.90. The molecule has 4 heteroatoms. The van der Waals surface area contributed by atoms with Gasteiger partial charge in [-0.2, -0.15) is 0 Å². The van der Waals surface area contributed by atoms with Crippen LogP contribution in [0.15, 0.2) is 41.9 Å². The molecule has 0 spiro atoms. The van der Waals surface area contributed by atoms with Crippen molar-refractivity contribution in [2.45, 2.75) is 13.3 Å². The Kier molecular flexibility index (Phi) is 3.09. The van der Waals surface area contributed by atoms with Crippen LogP contribution in [0.4, 0.5) is 0 Å². The van der Waals surface area contributed by atoms with Gasteiger partial charge in [0.1, 0.15) is 5.01 Å². The average molecular weight is 268 g/mol. The Morgan fingerprint density at radius 3 is 2.89 bits per heavy atom. The van der Waals surface area contributed by atoms with Crippen LogP contribution in [0.1, 0.15) is 21.1 Å². The molecule has 94 valence electrons. The summed E-state index contributed by atoms with van der Waals surface area (Å²) in [6.45, 7) is 1.93. The van der Waals surface area contributed by atoms with Crippen LogP contribution < -0.4 is 0 Å². The van der Waals surface area contributed by atoms with Gasteiger partial charge < -0.3 is 0 Å². The fourth-order valence-electron chi connectivity index (χ4n) is 2.05. The lowest BCUT2D eigenvalue weighted by molar-refractivity contribution is 0.0994. The van der Waals surface area contributed by atoms with E-state index < -0.39 is 0 Å². The van der Waals surface area contributed by atoms with Crippen molar-refractivity contribution in [2.75, 3.05) is 0 Å². The normalized spacial score (nSPS) is 10.8. The standard InChI is InChI=1S/C15H12N2OS/c1-10-9-19-14(17-10)8-13(18)12-6-2-4-11-5-3-7-16-15(11)12/h2-7,9H,8H2,1H3. The summed E-state index contributed by atoms with van der Waals surface area (Å²) in [6, 6.07) is 9.53. The number of carbonyl (C=O) groups is 1. The number of para-hydroxylation sites is 1. The molecule has 1 aromatic carbocycles. The molecule has 19 heavy (non-hydrogen) atoms. The number of nitrogens with zero attached hydrogens (tertiary/aromatic N) is 2. The molecule has 0 N–H and O–H groups in total. The molecule has 3 aromatic rings. The van der Waals surface area contributed by atoms with E-state index in [1.165, 1.54) is 11.3 Å². The van der Waals surface area contributed by atoms with Gasteiger partial charge in [-0.25, -0.2) is 4.98 Å². The van der Waals surface area contributed by atoms with E-state index in [4.69, 9.17) is 0 Å². The van der Waals surface area contributed by atoms with Gasteiger partial charge in [0.15, 0.2) is 5.78 Å². The van der Waals surface area contributed by atoms with Gasteiger partial charge in [0.2, 0.25) is 0 Å². The first-order chi connectivity index (χ1) is 9.24. The van der Waals surface area contributed by atoms with E-state index in [0.29, 0.717) is 12.0 Å². The molecule has 2 heterocycles. The van der Waals surface area contributed by atoms with Crippen molar-refractivity contribution in [1.29, 1.82) is 0 Å². The van der Waals surface area contributed by atoms with Gasteiger partial charge >= 0.3 is 0 Å². The van der Waals surface area contributed by atoms with Gasteiger partial charge in [-0.3, -0.25) is 9.78 Å². The lowest BCUT2D eigenvalue weighted by Crippen LogP contribution is -2.04. The SMILES string of the molecule is Cc1csc(CC(=O)c2cccc3cccnc23)n1. The lowest BCUT2D eigenvalue weighted by atomic mass is 10.0. The van der Waals surface area contributed by atoms with Crippen molar-refractivity contribution in [3.05, 3.63) is 58.2 Å². The summed E-state index contributed by atoms with van der Waals surface area (Å²) in [5.74, 6) is 0.0682. The highest BCUT2D eigenvalue weighted by atomic mass is 32.1. The molecule has 3 nitrogen and oxygen atoms in total. The van der Waals surface area contributed by atoms with Crippen LogP contribution >= 0.6 is 11.3 Å². The van der Waals surface area contributed by atoms with Crippen molar-refractivity contribution >= 4 is 28.0 Å². The second kappa shape index (κ2) is 4.90. The molecule has 0 aliphatic carbocycles. The summed E-state index contributed by atoms with van der Waals surface area (Å²) in [6.07, 6.45) is 2.06. The molecule has 0 saturated carbocycles. The van der Waals surface area contributed by atoms with Gasteiger partial charge in [-0.05, 0) is 19.1 Å². The number of hydrogen-bond donors (Lipinski definition) is 0. The minimum absolute atomic E-state index is 0.0682. The smallest absolute Gasteiger partial charge is 0.171 e. The van der Waals surface area contributed by atoms with Crippen LogP contribution in [0.3, 0.4) is 0 Å². The summed E-state index contributed by atoms with van der Waals surface area (Å²) in [4.78, 5) is 21.0. The molecular formula is C15H12N2OS. The predicted octanol–water partition coefficient (Wildman–Crippen LogP) is 3.43. The number of benzene rings is 1. The average Bonchev–Trinajstić information content (AvgIpc) is 2.83. The van der Waals surface area contributed by atoms with Crippen LogP contribution in [0.25, 0.3) is 10.9 Å². The van der Waals surface area contributed by atoms with Crippen LogP contribution in [0, 0.1) is 6.92 Å². The maximum absolute atomic E-state index is 12.4. The highest BCUT2D eigenvalue weighted by Gasteiger charge is 2.13. The van der Waals surface area contributed by atoms with Gasteiger partial charge in [0, 0.05) is 28.2 Å². The molecule has 0 unspecified atom stereocenters. The highest BCUT2D eigenvalue weighted by Crippen LogP contribution is 2.19. The van der Waals surface area contributed by atoms with E-state index in [2.05, 4.69) is 9.97 Å². The molecule has 0 amide bonds. The Morgan fingerprint density at radius 2 is 2.11 bits per heavy atom. The lowest BCUT2D eigenvalue weighted by Gasteiger charge is -2.03. The fraction of sp³-hybridized carbons (Fsp3) is 0.133. The Morgan fingerprint density at radius 1 is 1.26 bits per heavy atom. The minimum atomic E-state index is 0.0682. The molecule has 0 radical (unpaired) electrons. The van der Waals surface area contributed by atoms with Crippen LogP contribution in [-0.4, -0.2) is 15.8 Å². The van der Waals surface area contributed by atoms with Gasteiger partial charge in [-0.1, -0.05) is 18.2 Å². The van der Waals surface area contributed by atoms with E-state index in [1.54, 1.807) is 6.20 Å². The zero-order valence-corrected chi connectivity index (χ0v) is 11.3. The second-order valence-corrected chi connectivity index (χ2v) is 5.31. The Balaban J connectivity index is 1.97.